The van der Waals surface area contributed by atoms with E-state index in [2.05, 4.69) is 59.2 Å². The Morgan fingerprint density at radius 3 is 2.37 bits per heavy atom. The summed E-state index contributed by atoms with van der Waals surface area (Å²) in [6.45, 7) is 5.77. The predicted octanol–water partition coefficient (Wildman–Crippen LogP) is 4.77. The first-order chi connectivity index (χ1) is 13.2. The van der Waals surface area contributed by atoms with Gasteiger partial charge in [0.05, 0.1) is 17.8 Å². The Morgan fingerprint density at radius 2 is 1.70 bits per heavy atom. The number of rotatable bonds is 4. The number of nitrogens with zero attached hydrogens (tertiary/aromatic N) is 3. The van der Waals surface area contributed by atoms with E-state index in [1.807, 2.05) is 12.1 Å². The minimum Gasteiger partial charge on any atom is -0.303 e. The van der Waals surface area contributed by atoms with Gasteiger partial charge in [-0.3, -0.25) is 9.89 Å². The molecule has 27 heavy (non-hydrogen) atoms. The second-order valence-corrected chi connectivity index (χ2v) is 8.47. The van der Waals surface area contributed by atoms with Gasteiger partial charge in [-0.2, -0.15) is 0 Å². The Hall–Kier alpha value is -1.68. The molecule has 0 bridgehead atoms. The van der Waals surface area contributed by atoms with Crippen molar-refractivity contribution in [3.63, 3.8) is 0 Å². The highest BCUT2D eigenvalue weighted by molar-refractivity contribution is 6.30. The van der Waals surface area contributed by atoms with E-state index in [0.29, 0.717) is 12.1 Å². The van der Waals surface area contributed by atoms with Crippen LogP contribution in [0.5, 0.6) is 0 Å². The molecule has 5 rings (SSSR count). The molecule has 0 aliphatic carbocycles. The second-order valence-electron chi connectivity index (χ2n) is 8.04. The molecular formula is C23H26ClN3. The number of benzene rings is 2. The van der Waals surface area contributed by atoms with Crippen LogP contribution in [0.2, 0.25) is 5.02 Å². The summed E-state index contributed by atoms with van der Waals surface area (Å²) in [7, 11) is 0. The van der Waals surface area contributed by atoms with Crippen molar-refractivity contribution in [2.45, 2.75) is 43.9 Å². The van der Waals surface area contributed by atoms with Gasteiger partial charge < -0.3 is 4.90 Å². The first kappa shape index (κ1) is 17.4. The first-order valence-corrected chi connectivity index (χ1v) is 10.5. The van der Waals surface area contributed by atoms with E-state index in [-0.39, 0.29) is 5.66 Å². The van der Waals surface area contributed by atoms with Crippen LogP contribution in [0.25, 0.3) is 0 Å². The van der Waals surface area contributed by atoms with E-state index < -0.39 is 0 Å². The van der Waals surface area contributed by atoms with Crippen LogP contribution < -0.4 is 0 Å². The third-order valence-electron chi connectivity index (χ3n) is 6.38. The van der Waals surface area contributed by atoms with Crippen molar-refractivity contribution < 1.29 is 0 Å². The van der Waals surface area contributed by atoms with Crippen LogP contribution >= 0.6 is 11.6 Å². The Bertz CT molecular complexity index is 838. The molecule has 3 atom stereocenters. The third kappa shape index (κ3) is 2.93. The normalized spacial score (nSPS) is 28.8. The molecule has 0 N–H and O–H groups in total. The number of halogens is 1. The molecule has 2 aromatic rings. The van der Waals surface area contributed by atoms with Crippen molar-refractivity contribution >= 4 is 17.3 Å². The molecule has 3 aliphatic heterocycles. The van der Waals surface area contributed by atoms with Gasteiger partial charge in [0.2, 0.25) is 0 Å². The summed E-state index contributed by atoms with van der Waals surface area (Å²) in [6, 6.07) is 20.0. The fraction of sp³-hybridized carbons (Fsp3) is 0.435. The molecule has 0 radical (unpaired) electrons. The van der Waals surface area contributed by atoms with Crippen LogP contribution in [0, 0.1) is 0 Å². The summed E-state index contributed by atoms with van der Waals surface area (Å²) in [6.07, 6.45) is 3.49. The highest BCUT2D eigenvalue weighted by Crippen LogP contribution is 2.58. The lowest BCUT2D eigenvalue weighted by Crippen LogP contribution is -2.47. The fourth-order valence-corrected chi connectivity index (χ4v) is 5.17. The van der Waals surface area contributed by atoms with Crippen LogP contribution in [-0.2, 0) is 0 Å². The minimum absolute atomic E-state index is 0.0234. The molecule has 3 aliphatic rings. The molecule has 1 unspecified atom stereocenters. The van der Waals surface area contributed by atoms with E-state index in [1.165, 1.54) is 29.8 Å². The van der Waals surface area contributed by atoms with E-state index in [4.69, 9.17) is 16.6 Å². The molecule has 140 valence electrons. The third-order valence-corrected chi connectivity index (χ3v) is 6.63. The van der Waals surface area contributed by atoms with E-state index in [9.17, 15) is 0 Å². The largest absolute Gasteiger partial charge is 0.303 e. The highest BCUT2D eigenvalue weighted by Gasteiger charge is 2.65. The molecule has 0 saturated carbocycles. The number of aliphatic imine (C=N–C) groups is 1. The minimum atomic E-state index is -0.0234. The number of fused-ring (bicyclic) bond motifs is 2. The zero-order valence-corrected chi connectivity index (χ0v) is 16.6. The zero-order chi connectivity index (χ0) is 18.4. The van der Waals surface area contributed by atoms with Crippen LogP contribution in [0.15, 0.2) is 59.6 Å². The highest BCUT2D eigenvalue weighted by atomic mass is 35.5. The van der Waals surface area contributed by atoms with Crippen molar-refractivity contribution in [2.24, 2.45) is 4.99 Å². The fourth-order valence-electron chi connectivity index (χ4n) is 5.05. The lowest BCUT2D eigenvalue weighted by molar-refractivity contribution is 0.0956. The number of likely N-dealkylation sites (tertiary alicyclic amines) is 1. The molecule has 2 saturated heterocycles. The van der Waals surface area contributed by atoms with Crippen molar-refractivity contribution in [2.75, 3.05) is 19.6 Å². The summed E-state index contributed by atoms with van der Waals surface area (Å²) in [5.74, 6) is 0. The van der Waals surface area contributed by atoms with Crippen molar-refractivity contribution in [3.05, 3.63) is 70.7 Å². The topological polar surface area (TPSA) is 18.6 Å². The predicted molar refractivity (Wildman–Crippen MR) is 111 cm³/mol. The number of hydrogen-bond acceptors (Lipinski definition) is 3. The maximum absolute atomic E-state index is 6.12. The summed E-state index contributed by atoms with van der Waals surface area (Å²) in [4.78, 5) is 10.6. The smallest absolute Gasteiger partial charge is 0.117 e. The lowest BCUT2D eigenvalue weighted by atomic mass is 9.95. The Balaban J connectivity index is 1.49. The SMILES string of the molecule is CCCN1CCC2(CC1)N=C(c1ccc(Cl)cc1)[C@H]1[C@H](c3ccccc3)N12. The zero-order valence-electron chi connectivity index (χ0n) is 15.8. The van der Waals surface area contributed by atoms with Crippen molar-refractivity contribution in [1.82, 2.24) is 9.80 Å². The maximum atomic E-state index is 6.12. The van der Waals surface area contributed by atoms with Gasteiger partial charge in [0, 0.05) is 18.1 Å². The molecule has 3 nitrogen and oxygen atoms in total. The Kier molecular flexibility index (Phi) is 4.34. The van der Waals surface area contributed by atoms with Crippen LogP contribution in [0.1, 0.15) is 43.4 Å². The van der Waals surface area contributed by atoms with Gasteiger partial charge in [0.1, 0.15) is 5.66 Å². The Labute approximate surface area is 166 Å². The average Bonchev–Trinajstić information content (AvgIpc) is 3.38. The summed E-state index contributed by atoms with van der Waals surface area (Å²) >= 11 is 6.12. The molecule has 0 amide bonds. The van der Waals surface area contributed by atoms with Gasteiger partial charge in [0.25, 0.3) is 0 Å². The quantitative estimate of drug-likeness (QED) is 0.712. The summed E-state index contributed by atoms with van der Waals surface area (Å²) in [5.41, 5.74) is 3.87. The standard InChI is InChI=1S/C23H26ClN3/c1-2-14-26-15-12-23(13-16-26)25-20(17-8-10-19(24)11-9-17)22-21(27(22)23)18-6-4-3-5-7-18/h3-11,21-22H,2,12-16H2,1H3/t21-,22-,27?/m0/s1. The molecule has 2 fully saturated rings. The van der Waals surface area contributed by atoms with Gasteiger partial charge in [0.15, 0.2) is 0 Å². The lowest BCUT2D eigenvalue weighted by Gasteiger charge is -2.39. The first-order valence-electron chi connectivity index (χ1n) is 10.1. The second kappa shape index (κ2) is 6.73. The van der Waals surface area contributed by atoms with E-state index in [1.54, 1.807) is 0 Å². The van der Waals surface area contributed by atoms with Gasteiger partial charge in [-0.15, -0.1) is 0 Å². The molecule has 1 spiro atoms. The average molecular weight is 380 g/mol. The number of hydrogen-bond donors (Lipinski definition) is 0. The number of piperidine rings is 1. The molecule has 0 aromatic heterocycles. The van der Waals surface area contributed by atoms with Gasteiger partial charge in [-0.05, 0) is 49.1 Å². The van der Waals surface area contributed by atoms with E-state index in [0.717, 1.165) is 31.0 Å². The monoisotopic (exact) mass is 379 g/mol. The van der Waals surface area contributed by atoms with E-state index >= 15 is 0 Å². The summed E-state index contributed by atoms with van der Waals surface area (Å²) in [5, 5.41) is 0.784. The molecule has 3 heterocycles. The Morgan fingerprint density at radius 1 is 1.00 bits per heavy atom. The molecule has 4 heteroatoms. The van der Waals surface area contributed by atoms with Crippen molar-refractivity contribution in [1.29, 1.82) is 0 Å². The van der Waals surface area contributed by atoms with Gasteiger partial charge in [-0.25, -0.2) is 0 Å². The van der Waals surface area contributed by atoms with Crippen LogP contribution in [0.4, 0.5) is 0 Å². The van der Waals surface area contributed by atoms with Gasteiger partial charge >= 0.3 is 0 Å². The molecular weight excluding hydrogens is 354 g/mol. The molecule has 2 aromatic carbocycles. The van der Waals surface area contributed by atoms with Crippen LogP contribution in [0.3, 0.4) is 0 Å². The van der Waals surface area contributed by atoms with Gasteiger partial charge in [-0.1, -0.05) is 61.0 Å². The summed E-state index contributed by atoms with van der Waals surface area (Å²) < 4.78 is 0. The van der Waals surface area contributed by atoms with Crippen LogP contribution in [-0.4, -0.2) is 46.9 Å². The van der Waals surface area contributed by atoms with Crippen molar-refractivity contribution in [3.8, 4) is 0 Å². The maximum Gasteiger partial charge on any atom is 0.117 e.